The van der Waals surface area contributed by atoms with Crippen molar-refractivity contribution in [2.45, 2.75) is 44.1 Å². The van der Waals surface area contributed by atoms with Gasteiger partial charge in [0.05, 0.1) is 4.90 Å². The van der Waals surface area contributed by atoms with Crippen molar-refractivity contribution in [1.82, 2.24) is 0 Å². The number of nitrogens with two attached hydrogens (primary N) is 1. The Labute approximate surface area is 161 Å². The zero-order valence-electron chi connectivity index (χ0n) is 15.5. The van der Waals surface area contributed by atoms with Gasteiger partial charge in [0.15, 0.2) is 0 Å². The molecule has 0 bridgehead atoms. The maximum Gasteiger partial charge on any atom is 0.306 e. The molecule has 0 unspecified atom stereocenters. The van der Waals surface area contributed by atoms with Gasteiger partial charge in [-0.15, -0.1) is 0 Å². The highest BCUT2D eigenvalue weighted by atomic mass is 32.2. The van der Waals surface area contributed by atoms with E-state index in [1.165, 1.54) is 12.1 Å². The van der Waals surface area contributed by atoms with Crippen LogP contribution in [-0.2, 0) is 26.3 Å². The summed E-state index contributed by atoms with van der Waals surface area (Å²) < 4.78 is 34.7. The first-order valence-electron chi connectivity index (χ1n) is 8.76. The quantitative estimate of drug-likeness (QED) is 0.404. The van der Waals surface area contributed by atoms with Gasteiger partial charge in [-0.2, -0.15) is 8.42 Å². The van der Waals surface area contributed by atoms with Crippen LogP contribution in [0.3, 0.4) is 0 Å². The van der Waals surface area contributed by atoms with Crippen LogP contribution in [0, 0.1) is 6.92 Å². The molecular weight excluding hydrogens is 366 g/mol. The Balaban J connectivity index is 0.000000289. The van der Waals surface area contributed by atoms with E-state index in [9.17, 15) is 13.2 Å². The van der Waals surface area contributed by atoms with Crippen molar-refractivity contribution >= 4 is 16.1 Å². The van der Waals surface area contributed by atoms with Crippen LogP contribution in [0.15, 0.2) is 59.5 Å². The Kier molecular flexibility index (Phi) is 10.3. The third kappa shape index (κ3) is 10.5. The molecule has 0 aliphatic rings. The molecule has 0 aliphatic heterocycles. The number of aryl methyl sites for hydroxylation is 1. The monoisotopic (exact) mass is 393 g/mol. The molecule has 2 aromatic carbocycles. The summed E-state index contributed by atoms with van der Waals surface area (Å²) in [4.78, 5) is 11.3. The zero-order chi connectivity index (χ0) is 20.1. The molecule has 7 heteroatoms. The first kappa shape index (κ1) is 22.8. The molecule has 0 aliphatic carbocycles. The average Bonchev–Trinajstić information content (AvgIpc) is 2.64. The van der Waals surface area contributed by atoms with E-state index in [-0.39, 0.29) is 10.9 Å². The first-order chi connectivity index (χ1) is 12.8. The second kappa shape index (κ2) is 12.2. The number of benzene rings is 2. The number of hydrogen-bond acceptors (Lipinski definition) is 5. The Bertz CT molecular complexity index is 774. The van der Waals surface area contributed by atoms with Crippen LogP contribution >= 0.6 is 0 Å². The number of unbranched alkanes of at least 4 members (excludes halogenated alkanes) is 2. The van der Waals surface area contributed by atoms with Crippen molar-refractivity contribution in [3.63, 3.8) is 0 Å². The highest BCUT2D eigenvalue weighted by Crippen LogP contribution is 2.08. The van der Waals surface area contributed by atoms with Crippen molar-refractivity contribution in [1.29, 1.82) is 0 Å². The molecule has 6 nitrogen and oxygen atoms in total. The minimum Gasteiger partial charge on any atom is -0.461 e. The van der Waals surface area contributed by atoms with E-state index in [1.807, 2.05) is 37.3 Å². The lowest BCUT2D eigenvalue weighted by atomic mass is 10.2. The van der Waals surface area contributed by atoms with E-state index in [0.29, 0.717) is 19.6 Å². The first-order valence-corrected chi connectivity index (χ1v) is 10.2. The average molecular weight is 394 g/mol. The number of esters is 1. The standard InChI is InChI=1S/C13H19NO2.C7H8O3S/c14-10-6-2-5-9-13(15)16-11-12-7-3-1-4-8-12;1-6-2-4-7(5-3-6)11(8,9)10/h1,3-4,7-8H,2,5-6,9-11,14H2;2-5H,1H3,(H,8,9,10). The Morgan fingerprint density at radius 1 is 1.00 bits per heavy atom. The summed E-state index contributed by atoms with van der Waals surface area (Å²) in [6, 6.07) is 15.7. The van der Waals surface area contributed by atoms with E-state index in [4.69, 9.17) is 15.0 Å². The zero-order valence-corrected chi connectivity index (χ0v) is 16.3. The van der Waals surface area contributed by atoms with Crippen molar-refractivity contribution in [3.05, 3.63) is 65.7 Å². The van der Waals surface area contributed by atoms with Gasteiger partial charge in [-0.25, -0.2) is 0 Å². The Hall–Kier alpha value is -2.22. The molecule has 0 saturated heterocycles. The molecule has 0 radical (unpaired) electrons. The number of carbonyl (C=O) groups is 1. The van der Waals surface area contributed by atoms with Gasteiger partial charge in [-0.1, -0.05) is 54.4 Å². The van der Waals surface area contributed by atoms with Crippen LogP contribution in [-0.4, -0.2) is 25.5 Å². The van der Waals surface area contributed by atoms with Gasteiger partial charge in [0.2, 0.25) is 0 Å². The predicted octanol–water partition coefficient (Wildman–Crippen LogP) is 3.49. The molecule has 0 saturated carbocycles. The van der Waals surface area contributed by atoms with Gasteiger partial charge >= 0.3 is 5.97 Å². The van der Waals surface area contributed by atoms with Crippen LogP contribution in [0.1, 0.15) is 36.8 Å². The van der Waals surface area contributed by atoms with Gasteiger partial charge in [0.1, 0.15) is 6.61 Å². The van der Waals surface area contributed by atoms with Crippen LogP contribution in [0.5, 0.6) is 0 Å². The molecule has 27 heavy (non-hydrogen) atoms. The van der Waals surface area contributed by atoms with E-state index in [2.05, 4.69) is 0 Å². The summed E-state index contributed by atoms with van der Waals surface area (Å²) in [6.45, 7) is 2.91. The summed E-state index contributed by atoms with van der Waals surface area (Å²) in [7, 11) is -4.02. The molecule has 0 heterocycles. The molecule has 148 valence electrons. The number of ether oxygens (including phenoxy) is 1. The van der Waals surface area contributed by atoms with Crippen molar-refractivity contribution in [3.8, 4) is 0 Å². The van der Waals surface area contributed by atoms with Gasteiger partial charge in [-0.05, 0) is 44.0 Å². The highest BCUT2D eigenvalue weighted by molar-refractivity contribution is 7.85. The van der Waals surface area contributed by atoms with E-state index < -0.39 is 10.1 Å². The number of rotatable bonds is 8. The van der Waals surface area contributed by atoms with Crippen molar-refractivity contribution in [2.75, 3.05) is 6.54 Å². The highest BCUT2D eigenvalue weighted by Gasteiger charge is 2.06. The minimum atomic E-state index is -4.02. The molecule has 0 atom stereocenters. The number of carbonyl (C=O) groups excluding carboxylic acids is 1. The third-order valence-corrected chi connectivity index (χ3v) is 4.51. The lowest BCUT2D eigenvalue weighted by Crippen LogP contribution is -2.05. The molecule has 0 spiro atoms. The topological polar surface area (TPSA) is 107 Å². The smallest absolute Gasteiger partial charge is 0.306 e. The van der Waals surface area contributed by atoms with Gasteiger partial charge in [0, 0.05) is 6.42 Å². The van der Waals surface area contributed by atoms with Gasteiger partial charge < -0.3 is 10.5 Å². The fourth-order valence-electron chi connectivity index (χ4n) is 2.11. The summed E-state index contributed by atoms with van der Waals surface area (Å²) in [5.41, 5.74) is 7.35. The summed E-state index contributed by atoms with van der Waals surface area (Å²) in [6.07, 6.45) is 3.33. The predicted molar refractivity (Wildman–Crippen MR) is 105 cm³/mol. The van der Waals surface area contributed by atoms with Gasteiger partial charge in [-0.3, -0.25) is 9.35 Å². The fourth-order valence-corrected chi connectivity index (χ4v) is 2.59. The van der Waals surface area contributed by atoms with E-state index in [0.717, 1.165) is 30.4 Å². The largest absolute Gasteiger partial charge is 0.461 e. The molecule has 2 aromatic rings. The summed E-state index contributed by atoms with van der Waals surface area (Å²) in [5.74, 6) is -0.124. The normalized spacial score (nSPS) is 10.6. The minimum absolute atomic E-state index is 0.0666. The van der Waals surface area contributed by atoms with E-state index >= 15 is 0 Å². The molecule has 0 fully saturated rings. The van der Waals surface area contributed by atoms with Crippen LogP contribution in [0.25, 0.3) is 0 Å². The second-order valence-electron chi connectivity index (χ2n) is 6.03. The van der Waals surface area contributed by atoms with Gasteiger partial charge in [0.25, 0.3) is 10.1 Å². The van der Waals surface area contributed by atoms with Crippen LogP contribution < -0.4 is 5.73 Å². The fraction of sp³-hybridized carbons (Fsp3) is 0.350. The van der Waals surface area contributed by atoms with Crippen LogP contribution in [0.4, 0.5) is 0 Å². The Morgan fingerprint density at radius 2 is 1.63 bits per heavy atom. The number of hydrogen-bond donors (Lipinski definition) is 2. The maximum atomic E-state index is 11.3. The Morgan fingerprint density at radius 3 is 2.19 bits per heavy atom. The lowest BCUT2D eigenvalue weighted by molar-refractivity contribution is -0.145. The lowest BCUT2D eigenvalue weighted by Gasteiger charge is -2.04. The molecule has 0 aromatic heterocycles. The third-order valence-electron chi connectivity index (χ3n) is 3.65. The van der Waals surface area contributed by atoms with Crippen molar-refractivity contribution in [2.24, 2.45) is 5.73 Å². The molecule has 0 amide bonds. The molecule has 2 rings (SSSR count). The SMILES string of the molecule is Cc1ccc(S(=O)(=O)O)cc1.NCCCCCC(=O)OCc1ccccc1. The maximum absolute atomic E-state index is 11.3. The second-order valence-corrected chi connectivity index (χ2v) is 7.46. The summed E-state index contributed by atoms with van der Waals surface area (Å²) in [5, 5.41) is 0. The molecular formula is C20H27NO5S. The van der Waals surface area contributed by atoms with E-state index in [1.54, 1.807) is 12.1 Å². The molecule has 3 N–H and O–H groups in total. The van der Waals surface area contributed by atoms with Crippen molar-refractivity contribution < 1.29 is 22.5 Å². The van der Waals surface area contributed by atoms with Crippen LogP contribution in [0.2, 0.25) is 0 Å². The summed E-state index contributed by atoms with van der Waals surface area (Å²) >= 11 is 0.